The number of rotatable bonds is 5. The number of nitrogens with one attached hydrogen (secondary N) is 2. The van der Waals surface area contributed by atoms with Gasteiger partial charge in [0.2, 0.25) is 5.95 Å². The number of ether oxygens (including phenoxy) is 1. The zero-order valence-electron chi connectivity index (χ0n) is 22.9. The van der Waals surface area contributed by atoms with Gasteiger partial charge < -0.3 is 20.3 Å². The summed E-state index contributed by atoms with van der Waals surface area (Å²) in [5.41, 5.74) is 3.28. The minimum absolute atomic E-state index is 0.102. The molecule has 218 valence electrons. The fourth-order valence-electron chi connectivity index (χ4n) is 5.16. The zero-order valence-corrected chi connectivity index (χ0v) is 23.7. The molecule has 1 amide bonds. The Bertz CT molecular complexity index is 1750. The van der Waals surface area contributed by atoms with Crippen LogP contribution in [0.15, 0.2) is 71.9 Å². The Labute approximate surface area is 250 Å². The number of carbonyl (C=O) groups is 2. The molecule has 2 N–H and O–H groups in total. The lowest BCUT2D eigenvalue weighted by molar-refractivity contribution is -0.144. The Morgan fingerprint density at radius 2 is 1.84 bits per heavy atom. The second-order valence-corrected chi connectivity index (χ2v) is 10.4. The summed E-state index contributed by atoms with van der Waals surface area (Å²) in [6.45, 7) is 1.27. The van der Waals surface area contributed by atoms with Gasteiger partial charge in [-0.3, -0.25) is 14.6 Å². The number of methoxy groups -OCH3 is 1. The van der Waals surface area contributed by atoms with E-state index >= 15 is 0 Å². The monoisotopic (exact) mass is 602 g/mol. The van der Waals surface area contributed by atoms with Crippen LogP contribution in [-0.2, 0) is 16.1 Å². The van der Waals surface area contributed by atoms with E-state index in [0.717, 1.165) is 0 Å². The normalized spacial score (nSPS) is 16.0. The van der Waals surface area contributed by atoms with E-state index in [9.17, 15) is 18.4 Å². The van der Waals surface area contributed by atoms with Crippen LogP contribution < -0.4 is 10.6 Å². The highest BCUT2D eigenvalue weighted by atomic mass is 35.5. The number of carbonyl (C=O) groups excluding carboxylic acids is 2. The number of fused-ring (bicyclic) bond motifs is 3. The van der Waals surface area contributed by atoms with Gasteiger partial charge in [-0.2, -0.15) is 0 Å². The number of hydrogen-bond donors (Lipinski definition) is 2. The van der Waals surface area contributed by atoms with Crippen LogP contribution >= 0.6 is 11.6 Å². The summed E-state index contributed by atoms with van der Waals surface area (Å²) < 4.78 is 34.4. The second kappa shape index (κ2) is 11.9. The van der Waals surface area contributed by atoms with Gasteiger partial charge in [0.05, 0.1) is 30.6 Å². The van der Waals surface area contributed by atoms with Crippen LogP contribution in [-0.4, -0.2) is 65.2 Å². The van der Waals surface area contributed by atoms with Gasteiger partial charge in [-0.1, -0.05) is 23.7 Å². The molecule has 0 radical (unpaired) electrons. The number of nitrogens with zero attached hydrogens (tertiary/aromatic N) is 4. The molecule has 43 heavy (non-hydrogen) atoms. The average Bonchev–Trinajstić information content (AvgIpc) is 3.17. The first-order chi connectivity index (χ1) is 20.8. The Balaban J connectivity index is 1.25. The smallest absolute Gasteiger partial charge is 0.324 e. The molecule has 12 heteroatoms. The van der Waals surface area contributed by atoms with Crippen LogP contribution in [0.5, 0.6) is 0 Å². The van der Waals surface area contributed by atoms with E-state index in [4.69, 9.17) is 21.3 Å². The summed E-state index contributed by atoms with van der Waals surface area (Å²) >= 11 is 6.30. The number of hydrogen-bond acceptors (Lipinski definition) is 8. The molecule has 1 atom stereocenters. The average molecular weight is 603 g/mol. The first-order valence-electron chi connectivity index (χ1n) is 13.4. The van der Waals surface area contributed by atoms with Crippen LogP contribution in [0.25, 0.3) is 11.3 Å². The van der Waals surface area contributed by atoms with Crippen molar-refractivity contribution < 1.29 is 23.1 Å². The van der Waals surface area contributed by atoms with Gasteiger partial charge in [-0.15, -0.1) is 0 Å². The molecule has 2 aliphatic heterocycles. The van der Waals surface area contributed by atoms with E-state index in [1.54, 1.807) is 53.6 Å². The molecule has 0 saturated carbocycles. The Kier molecular flexibility index (Phi) is 7.83. The Hall–Kier alpha value is -4.74. The molecule has 9 nitrogen and oxygen atoms in total. The molecular weight excluding hydrogens is 578 g/mol. The van der Waals surface area contributed by atoms with Crippen molar-refractivity contribution in [1.29, 1.82) is 0 Å². The molecule has 1 unspecified atom stereocenters. The van der Waals surface area contributed by atoms with Crippen LogP contribution in [0, 0.1) is 11.6 Å². The number of amides is 1. The molecular formula is C31H25ClF2N6O3. The number of anilines is 2. The molecule has 2 aliphatic rings. The van der Waals surface area contributed by atoms with Crippen LogP contribution in [0.2, 0.25) is 5.02 Å². The quantitative estimate of drug-likeness (QED) is 0.317. The van der Waals surface area contributed by atoms with E-state index in [-0.39, 0.29) is 36.2 Å². The predicted octanol–water partition coefficient (Wildman–Crippen LogP) is 4.76. The van der Waals surface area contributed by atoms with Crippen molar-refractivity contribution in [3.63, 3.8) is 0 Å². The SMILES string of the molecule is COC(=O)C1CN(C(=O)c2ccc(Nc3ncc4c(n3)-c3ccc(Cl)cc3C(c3c(F)cccc3F)=NC4)cc2)CCN1. The topological polar surface area (TPSA) is 109 Å². The Morgan fingerprint density at radius 3 is 2.58 bits per heavy atom. The number of esters is 1. The molecule has 1 saturated heterocycles. The Morgan fingerprint density at radius 1 is 1.07 bits per heavy atom. The van der Waals surface area contributed by atoms with Crippen molar-refractivity contribution in [3.8, 4) is 11.3 Å². The zero-order chi connectivity index (χ0) is 30.1. The molecule has 6 rings (SSSR count). The van der Waals surface area contributed by atoms with Gasteiger partial charge in [-0.25, -0.2) is 18.7 Å². The maximum atomic E-state index is 14.8. The van der Waals surface area contributed by atoms with Crippen LogP contribution in [0.4, 0.5) is 20.4 Å². The highest BCUT2D eigenvalue weighted by Gasteiger charge is 2.29. The maximum Gasteiger partial charge on any atom is 0.324 e. The summed E-state index contributed by atoms with van der Waals surface area (Å²) in [7, 11) is 1.32. The molecule has 0 spiro atoms. The summed E-state index contributed by atoms with van der Waals surface area (Å²) in [6, 6.07) is 15.0. The molecule has 0 aliphatic carbocycles. The van der Waals surface area contributed by atoms with Crippen molar-refractivity contribution >= 4 is 40.8 Å². The summed E-state index contributed by atoms with van der Waals surface area (Å²) in [4.78, 5) is 40.3. The highest BCUT2D eigenvalue weighted by molar-refractivity contribution is 6.31. The summed E-state index contributed by atoms with van der Waals surface area (Å²) in [5.74, 6) is -1.79. The van der Waals surface area contributed by atoms with Crippen molar-refractivity contribution in [3.05, 3.63) is 106 Å². The standard InChI is InChI=1S/C31H25ClF2N6O3/c1-43-30(42)25-16-40(12-11-35-25)29(41)17-5-8-20(9-6-17)38-31-37-15-18-14-36-28(26-23(33)3-2-4-24(26)34)22-13-19(32)7-10-21(22)27(18)39-31/h2-10,13,15,25,35H,11-12,14,16H2,1H3,(H,37,38,39). The van der Waals surface area contributed by atoms with E-state index in [0.29, 0.717) is 51.7 Å². The van der Waals surface area contributed by atoms with E-state index in [2.05, 4.69) is 20.6 Å². The van der Waals surface area contributed by atoms with Gasteiger partial charge in [0.1, 0.15) is 17.7 Å². The van der Waals surface area contributed by atoms with Gasteiger partial charge in [0.15, 0.2) is 0 Å². The van der Waals surface area contributed by atoms with Crippen molar-refractivity contribution in [2.45, 2.75) is 12.6 Å². The van der Waals surface area contributed by atoms with Gasteiger partial charge in [-0.05, 0) is 48.5 Å². The number of benzene rings is 3. The molecule has 1 fully saturated rings. The van der Waals surface area contributed by atoms with Crippen LogP contribution in [0.1, 0.15) is 27.0 Å². The second-order valence-electron chi connectivity index (χ2n) is 10.0. The summed E-state index contributed by atoms with van der Waals surface area (Å²) in [5, 5.41) is 6.59. The number of aromatic nitrogens is 2. The maximum absolute atomic E-state index is 14.8. The molecule has 3 heterocycles. The lowest BCUT2D eigenvalue weighted by Crippen LogP contribution is -2.56. The van der Waals surface area contributed by atoms with Crippen molar-refractivity contribution in [1.82, 2.24) is 20.2 Å². The largest absolute Gasteiger partial charge is 0.468 e. The minimum atomic E-state index is -0.730. The first kappa shape index (κ1) is 28.4. The number of piperazine rings is 1. The molecule has 0 bridgehead atoms. The lowest BCUT2D eigenvalue weighted by Gasteiger charge is -2.32. The first-order valence-corrected chi connectivity index (χ1v) is 13.8. The van der Waals surface area contributed by atoms with E-state index < -0.39 is 23.6 Å². The van der Waals surface area contributed by atoms with Gasteiger partial charge in [0.25, 0.3) is 5.91 Å². The van der Waals surface area contributed by atoms with Gasteiger partial charge in [0, 0.05) is 58.8 Å². The number of aliphatic imine (C=N–C) groups is 1. The predicted molar refractivity (Wildman–Crippen MR) is 158 cm³/mol. The lowest BCUT2D eigenvalue weighted by atomic mass is 9.95. The molecule has 4 aromatic rings. The van der Waals surface area contributed by atoms with Crippen molar-refractivity contribution in [2.75, 3.05) is 32.1 Å². The molecule has 3 aromatic carbocycles. The van der Waals surface area contributed by atoms with Gasteiger partial charge >= 0.3 is 5.97 Å². The third kappa shape index (κ3) is 5.69. The minimum Gasteiger partial charge on any atom is -0.468 e. The highest BCUT2D eigenvalue weighted by Crippen LogP contribution is 2.34. The number of halogens is 3. The van der Waals surface area contributed by atoms with Crippen molar-refractivity contribution in [2.24, 2.45) is 4.99 Å². The third-order valence-electron chi connectivity index (χ3n) is 7.30. The van der Waals surface area contributed by atoms with E-state index in [1.165, 1.54) is 25.3 Å². The summed E-state index contributed by atoms with van der Waals surface area (Å²) in [6.07, 6.45) is 1.62. The molecule has 1 aromatic heterocycles. The van der Waals surface area contributed by atoms with E-state index in [1.807, 2.05) is 0 Å². The fourth-order valence-corrected chi connectivity index (χ4v) is 5.34. The van der Waals surface area contributed by atoms with Crippen LogP contribution in [0.3, 0.4) is 0 Å². The fraction of sp³-hybridized carbons (Fsp3) is 0.194. The third-order valence-corrected chi connectivity index (χ3v) is 7.53.